The lowest BCUT2D eigenvalue weighted by molar-refractivity contribution is 0.161. The van der Waals surface area contributed by atoms with E-state index in [1.165, 1.54) is 32.1 Å². The molecule has 0 aliphatic heterocycles. The Labute approximate surface area is 155 Å². The van der Waals surface area contributed by atoms with Gasteiger partial charge in [0, 0.05) is 18.2 Å². The van der Waals surface area contributed by atoms with Gasteiger partial charge in [0.2, 0.25) is 0 Å². The molecular weight excluding hydrogens is 328 g/mol. The predicted octanol–water partition coefficient (Wildman–Crippen LogP) is 3.50. The van der Waals surface area contributed by atoms with Crippen molar-refractivity contribution in [3.8, 4) is 11.5 Å². The van der Waals surface area contributed by atoms with Gasteiger partial charge in [0.15, 0.2) is 0 Å². The van der Waals surface area contributed by atoms with E-state index in [9.17, 15) is 5.11 Å². The number of aliphatic hydroxyl groups excluding tert-OH is 1. The van der Waals surface area contributed by atoms with Crippen LogP contribution in [0.15, 0.2) is 28.8 Å². The summed E-state index contributed by atoms with van der Waals surface area (Å²) in [6.07, 6.45) is 9.36. The molecule has 6 heteroatoms. The Morgan fingerprint density at radius 1 is 1.27 bits per heavy atom. The number of nitrogens with zero attached hydrogens (tertiary/aromatic N) is 2. The quantitative estimate of drug-likeness (QED) is 0.669. The molecule has 0 spiro atoms. The maximum atomic E-state index is 10.2. The number of nitrogens with one attached hydrogen (secondary N) is 1. The van der Waals surface area contributed by atoms with E-state index < -0.39 is 0 Å². The normalized spacial score (nSPS) is 17.9. The minimum atomic E-state index is -0.333. The highest BCUT2D eigenvalue weighted by atomic mass is 16.5. The molecule has 1 heterocycles. The van der Waals surface area contributed by atoms with Gasteiger partial charge in [-0.3, -0.25) is 0 Å². The number of hydrogen-bond donors (Lipinski definition) is 3. The average Bonchev–Trinajstić information content (AvgIpc) is 3.12. The molecule has 2 aromatic rings. The van der Waals surface area contributed by atoms with Crippen LogP contribution in [0.1, 0.15) is 57.1 Å². The molecule has 0 saturated heterocycles. The first-order valence-corrected chi connectivity index (χ1v) is 9.56. The van der Waals surface area contributed by atoms with E-state index in [4.69, 9.17) is 10.3 Å². The molecule has 6 nitrogen and oxygen atoms in total. The van der Waals surface area contributed by atoms with Crippen LogP contribution in [0.5, 0.6) is 0 Å². The standard InChI is InChI=1S/C20H29N4O2/c1-14(22-13-18(25)12-7-15-5-3-2-4-6-15)16-8-10-17(11-9-16)19-23-20(21)24-26-19/h7-11,14-15,18,22,25H,2-6,12-13H2,1H3,(H2,21,24)/t14?,18-/m0/s1. The van der Waals surface area contributed by atoms with Crippen LogP contribution in [-0.2, 0) is 0 Å². The fourth-order valence-corrected chi connectivity index (χ4v) is 3.50. The van der Waals surface area contributed by atoms with Crippen molar-refractivity contribution in [1.82, 2.24) is 15.5 Å². The van der Waals surface area contributed by atoms with Gasteiger partial charge in [-0.2, -0.15) is 4.98 Å². The van der Waals surface area contributed by atoms with Crippen LogP contribution in [0, 0.1) is 12.3 Å². The summed E-state index contributed by atoms with van der Waals surface area (Å²) >= 11 is 0. The molecule has 1 aliphatic carbocycles. The van der Waals surface area contributed by atoms with Crippen LogP contribution in [-0.4, -0.2) is 27.9 Å². The van der Waals surface area contributed by atoms with Crippen molar-refractivity contribution in [1.29, 1.82) is 0 Å². The molecule has 3 rings (SSSR count). The van der Waals surface area contributed by atoms with Gasteiger partial charge in [0.05, 0.1) is 6.10 Å². The summed E-state index contributed by atoms with van der Waals surface area (Å²) in [4.78, 5) is 4.02. The minimum absolute atomic E-state index is 0.137. The molecule has 1 fully saturated rings. The third-order valence-electron chi connectivity index (χ3n) is 5.15. The van der Waals surface area contributed by atoms with Gasteiger partial charge in [-0.1, -0.05) is 44.2 Å². The lowest BCUT2D eigenvalue weighted by atomic mass is 9.85. The van der Waals surface area contributed by atoms with Crippen LogP contribution in [0.25, 0.3) is 11.5 Å². The molecule has 0 amide bonds. The first-order chi connectivity index (χ1) is 12.6. The number of aliphatic hydroxyl groups is 1. The second-order valence-corrected chi connectivity index (χ2v) is 7.23. The summed E-state index contributed by atoms with van der Waals surface area (Å²) in [5, 5.41) is 17.2. The van der Waals surface area contributed by atoms with E-state index in [0.29, 0.717) is 18.4 Å². The van der Waals surface area contributed by atoms with Crippen molar-refractivity contribution >= 4 is 5.95 Å². The highest BCUT2D eigenvalue weighted by molar-refractivity contribution is 5.54. The largest absolute Gasteiger partial charge is 0.392 e. The van der Waals surface area contributed by atoms with E-state index in [-0.39, 0.29) is 18.1 Å². The zero-order chi connectivity index (χ0) is 18.4. The first-order valence-electron chi connectivity index (χ1n) is 9.56. The fourth-order valence-electron chi connectivity index (χ4n) is 3.50. The summed E-state index contributed by atoms with van der Waals surface area (Å²) in [5.41, 5.74) is 7.47. The highest BCUT2D eigenvalue weighted by Gasteiger charge is 2.16. The SMILES string of the molecule is CC(NC[C@@H](O)C[CH]C1CCCCC1)c1ccc(-c2nc(N)no2)cc1. The molecule has 2 atom stereocenters. The lowest BCUT2D eigenvalue weighted by Crippen LogP contribution is -2.29. The molecule has 0 bridgehead atoms. The third kappa shape index (κ3) is 5.29. The van der Waals surface area contributed by atoms with E-state index in [1.807, 2.05) is 24.3 Å². The Balaban J connectivity index is 1.43. The van der Waals surface area contributed by atoms with Gasteiger partial charge in [0.25, 0.3) is 11.8 Å². The molecule has 1 unspecified atom stereocenters. The van der Waals surface area contributed by atoms with Gasteiger partial charge < -0.3 is 20.7 Å². The predicted molar refractivity (Wildman–Crippen MR) is 102 cm³/mol. The van der Waals surface area contributed by atoms with Crippen LogP contribution in [0.3, 0.4) is 0 Å². The summed E-state index contributed by atoms with van der Waals surface area (Å²) in [6, 6.07) is 8.07. The van der Waals surface area contributed by atoms with Gasteiger partial charge in [-0.05, 0) is 48.5 Å². The molecule has 141 valence electrons. The van der Waals surface area contributed by atoms with Gasteiger partial charge in [0.1, 0.15) is 0 Å². The molecule has 1 aromatic carbocycles. The molecule has 1 radical (unpaired) electrons. The Hall–Kier alpha value is -1.92. The van der Waals surface area contributed by atoms with Gasteiger partial charge >= 0.3 is 0 Å². The molecule has 26 heavy (non-hydrogen) atoms. The Morgan fingerprint density at radius 2 is 2.00 bits per heavy atom. The zero-order valence-electron chi connectivity index (χ0n) is 15.4. The van der Waals surface area contributed by atoms with E-state index in [0.717, 1.165) is 17.5 Å². The third-order valence-corrected chi connectivity index (χ3v) is 5.15. The number of nitrogen functional groups attached to an aromatic ring is 1. The smallest absolute Gasteiger partial charge is 0.261 e. The second-order valence-electron chi connectivity index (χ2n) is 7.23. The summed E-state index contributed by atoms with van der Waals surface area (Å²) in [6.45, 7) is 2.68. The van der Waals surface area contributed by atoms with Crippen LogP contribution in [0.2, 0.25) is 0 Å². The summed E-state index contributed by atoms with van der Waals surface area (Å²) in [7, 11) is 0. The Kier molecular flexibility index (Phi) is 6.63. The maximum Gasteiger partial charge on any atom is 0.261 e. The van der Waals surface area contributed by atoms with Crippen LogP contribution >= 0.6 is 0 Å². The monoisotopic (exact) mass is 357 g/mol. The first kappa shape index (κ1) is 18.9. The Bertz CT molecular complexity index is 665. The van der Waals surface area contributed by atoms with Gasteiger partial charge in [-0.15, -0.1) is 0 Å². The van der Waals surface area contributed by atoms with Crippen molar-refractivity contribution in [3.05, 3.63) is 36.2 Å². The van der Waals surface area contributed by atoms with E-state index >= 15 is 0 Å². The molecular formula is C20H29N4O2. The van der Waals surface area contributed by atoms with Gasteiger partial charge in [-0.25, -0.2) is 0 Å². The molecule has 1 aliphatic rings. The number of anilines is 1. The van der Waals surface area contributed by atoms with E-state index in [2.05, 4.69) is 28.8 Å². The van der Waals surface area contributed by atoms with Crippen molar-refractivity contribution in [2.75, 3.05) is 12.3 Å². The summed E-state index contributed by atoms with van der Waals surface area (Å²) < 4.78 is 5.07. The number of hydrogen-bond acceptors (Lipinski definition) is 6. The van der Waals surface area contributed by atoms with Crippen LogP contribution < -0.4 is 11.1 Å². The van der Waals surface area contributed by atoms with Crippen LogP contribution in [0.4, 0.5) is 5.95 Å². The molecule has 1 aromatic heterocycles. The van der Waals surface area contributed by atoms with E-state index in [1.54, 1.807) is 0 Å². The number of aromatic nitrogens is 2. The number of nitrogens with two attached hydrogens (primary N) is 1. The van der Waals surface area contributed by atoms with Crippen molar-refractivity contribution in [2.45, 2.75) is 57.6 Å². The highest BCUT2D eigenvalue weighted by Crippen LogP contribution is 2.27. The second kappa shape index (κ2) is 9.14. The average molecular weight is 357 g/mol. The maximum absolute atomic E-state index is 10.2. The minimum Gasteiger partial charge on any atom is -0.392 e. The zero-order valence-corrected chi connectivity index (χ0v) is 15.4. The van der Waals surface area contributed by atoms with Crippen molar-refractivity contribution in [2.24, 2.45) is 5.92 Å². The molecule has 1 saturated carbocycles. The van der Waals surface area contributed by atoms with Crippen molar-refractivity contribution in [3.63, 3.8) is 0 Å². The summed E-state index contributed by atoms with van der Waals surface area (Å²) in [5.74, 6) is 1.25. The molecule has 4 N–H and O–H groups in total. The lowest BCUT2D eigenvalue weighted by Gasteiger charge is -2.23. The van der Waals surface area contributed by atoms with Crippen molar-refractivity contribution < 1.29 is 9.63 Å². The number of benzene rings is 1. The fraction of sp³-hybridized carbons (Fsp3) is 0.550. The Morgan fingerprint density at radius 3 is 2.65 bits per heavy atom. The number of rotatable bonds is 8. The topological polar surface area (TPSA) is 97.2 Å².